The topological polar surface area (TPSA) is 80.8 Å². The van der Waals surface area contributed by atoms with Crippen molar-refractivity contribution in [3.8, 4) is 11.5 Å². The van der Waals surface area contributed by atoms with E-state index in [4.69, 9.17) is 9.47 Å². The zero-order chi connectivity index (χ0) is 19.4. The van der Waals surface area contributed by atoms with Crippen molar-refractivity contribution in [2.75, 3.05) is 7.11 Å². The van der Waals surface area contributed by atoms with E-state index >= 15 is 0 Å². The van der Waals surface area contributed by atoms with Crippen LogP contribution in [0.5, 0.6) is 11.5 Å². The van der Waals surface area contributed by atoms with E-state index in [2.05, 4.69) is 9.72 Å². The Balaban J connectivity index is 2.11. The highest BCUT2D eigenvalue weighted by Gasteiger charge is 2.21. The lowest BCUT2D eigenvalue weighted by Gasteiger charge is -2.11. The van der Waals surface area contributed by atoms with E-state index in [0.717, 1.165) is 0 Å². The van der Waals surface area contributed by atoms with Gasteiger partial charge in [0.2, 0.25) is 0 Å². The zero-order valence-corrected chi connectivity index (χ0v) is 14.9. The van der Waals surface area contributed by atoms with Crippen molar-refractivity contribution >= 4 is 5.97 Å². The lowest BCUT2D eigenvalue weighted by Crippen LogP contribution is -2.08. The van der Waals surface area contributed by atoms with Gasteiger partial charge in [-0.15, -0.1) is 0 Å². The molecule has 1 aromatic heterocycles. The summed E-state index contributed by atoms with van der Waals surface area (Å²) >= 11 is 0. The monoisotopic (exact) mass is 369 g/mol. The second-order valence-electron chi connectivity index (χ2n) is 5.78. The standard InChI is InChI=1S/C18H21F2NO5/c1-9-15(11(3)22)10(2)21-16(9)17(23)25-8-12-5-6-13(26-18(19)20)14(7-12)24-4/h5-7,11,18,21-22H,8H2,1-4H3/t11-/m0/s1. The molecule has 1 aromatic carbocycles. The quantitative estimate of drug-likeness (QED) is 0.728. The summed E-state index contributed by atoms with van der Waals surface area (Å²) in [7, 11) is 1.33. The van der Waals surface area contributed by atoms with Crippen LogP contribution in [-0.4, -0.2) is 29.8 Å². The number of aliphatic hydroxyl groups excluding tert-OH is 1. The van der Waals surface area contributed by atoms with Gasteiger partial charge in [-0.25, -0.2) is 4.79 Å². The Morgan fingerprint density at radius 2 is 1.96 bits per heavy atom. The molecule has 0 unspecified atom stereocenters. The van der Waals surface area contributed by atoms with E-state index < -0.39 is 18.7 Å². The van der Waals surface area contributed by atoms with Gasteiger partial charge >= 0.3 is 12.6 Å². The van der Waals surface area contributed by atoms with Gasteiger partial charge < -0.3 is 24.3 Å². The highest BCUT2D eigenvalue weighted by atomic mass is 19.3. The largest absolute Gasteiger partial charge is 0.493 e. The first-order chi connectivity index (χ1) is 12.2. The second-order valence-corrected chi connectivity index (χ2v) is 5.78. The highest BCUT2D eigenvalue weighted by molar-refractivity contribution is 5.89. The van der Waals surface area contributed by atoms with Crippen LogP contribution in [0.15, 0.2) is 18.2 Å². The van der Waals surface area contributed by atoms with E-state index in [0.29, 0.717) is 22.4 Å². The molecule has 0 radical (unpaired) electrons. The van der Waals surface area contributed by atoms with Crippen LogP contribution in [0.4, 0.5) is 8.78 Å². The fraction of sp³-hybridized carbons (Fsp3) is 0.389. The molecule has 0 aliphatic carbocycles. The molecule has 2 aromatic rings. The number of esters is 1. The van der Waals surface area contributed by atoms with Crippen LogP contribution in [-0.2, 0) is 11.3 Å². The lowest BCUT2D eigenvalue weighted by molar-refractivity contribution is -0.0512. The summed E-state index contributed by atoms with van der Waals surface area (Å²) < 4.78 is 39.3. The average molecular weight is 369 g/mol. The number of aromatic amines is 1. The van der Waals surface area contributed by atoms with E-state index in [1.54, 1.807) is 20.8 Å². The number of methoxy groups -OCH3 is 1. The number of carbonyl (C=O) groups excluding carboxylic acids is 1. The van der Waals surface area contributed by atoms with Gasteiger partial charge in [0.25, 0.3) is 0 Å². The summed E-state index contributed by atoms with van der Waals surface area (Å²) in [5.74, 6) is -0.568. The number of carbonyl (C=O) groups is 1. The molecular formula is C18H21F2NO5. The van der Waals surface area contributed by atoms with Crippen molar-refractivity contribution in [3.05, 3.63) is 46.3 Å². The molecule has 0 bridgehead atoms. The average Bonchev–Trinajstić information content (AvgIpc) is 2.87. The minimum atomic E-state index is -2.96. The minimum absolute atomic E-state index is 0.0777. The third-order valence-electron chi connectivity index (χ3n) is 3.93. The Morgan fingerprint density at radius 1 is 1.27 bits per heavy atom. The van der Waals surface area contributed by atoms with Gasteiger partial charge in [0.1, 0.15) is 12.3 Å². The molecule has 6 nitrogen and oxygen atoms in total. The third-order valence-corrected chi connectivity index (χ3v) is 3.93. The van der Waals surface area contributed by atoms with Crippen LogP contribution in [0.1, 0.15) is 45.9 Å². The molecule has 0 aliphatic rings. The molecule has 0 saturated carbocycles. The van der Waals surface area contributed by atoms with Crippen LogP contribution in [0.25, 0.3) is 0 Å². The van der Waals surface area contributed by atoms with Crippen molar-refractivity contribution in [2.45, 2.75) is 40.1 Å². The van der Waals surface area contributed by atoms with Crippen LogP contribution >= 0.6 is 0 Å². The van der Waals surface area contributed by atoms with Crippen LogP contribution in [0, 0.1) is 13.8 Å². The molecule has 0 saturated heterocycles. The normalized spacial score (nSPS) is 12.2. The van der Waals surface area contributed by atoms with Gasteiger partial charge in [0.05, 0.1) is 13.2 Å². The number of aromatic nitrogens is 1. The number of hydrogen-bond acceptors (Lipinski definition) is 5. The third kappa shape index (κ3) is 4.32. The zero-order valence-electron chi connectivity index (χ0n) is 14.9. The van der Waals surface area contributed by atoms with Crippen molar-refractivity contribution in [1.82, 2.24) is 4.98 Å². The van der Waals surface area contributed by atoms with Gasteiger partial charge in [-0.3, -0.25) is 0 Å². The fourth-order valence-electron chi connectivity index (χ4n) is 2.81. The number of hydrogen-bond donors (Lipinski definition) is 2. The minimum Gasteiger partial charge on any atom is -0.493 e. The van der Waals surface area contributed by atoms with Crippen LogP contribution in [0.3, 0.4) is 0 Å². The highest BCUT2D eigenvalue weighted by Crippen LogP contribution is 2.30. The van der Waals surface area contributed by atoms with E-state index in [1.807, 2.05) is 0 Å². The molecule has 2 N–H and O–H groups in total. The number of aryl methyl sites for hydroxylation is 1. The number of benzene rings is 1. The number of alkyl halides is 2. The van der Waals surface area contributed by atoms with Gasteiger partial charge in [-0.2, -0.15) is 8.78 Å². The molecule has 0 amide bonds. The molecule has 26 heavy (non-hydrogen) atoms. The molecule has 1 atom stereocenters. The Bertz CT molecular complexity index is 786. The van der Waals surface area contributed by atoms with E-state index in [1.165, 1.54) is 25.3 Å². The molecular weight excluding hydrogens is 348 g/mol. The van der Waals surface area contributed by atoms with E-state index in [9.17, 15) is 18.7 Å². The maximum atomic E-state index is 12.3. The molecule has 0 fully saturated rings. The predicted octanol–water partition coefficient (Wildman–Crippen LogP) is 3.65. The number of nitrogens with one attached hydrogen (secondary N) is 1. The van der Waals surface area contributed by atoms with Crippen LogP contribution in [0.2, 0.25) is 0 Å². The summed E-state index contributed by atoms with van der Waals surface area (Å²) in [5.41, 5.74) is 2.80. The van der Waals surface area contributed by atoms with Crippen molar-refractivity contribution in [3.63, 3.8) is 0 Å². The molecule has 142 valence electrons. The van der Waals surface area contributed by atoms with Gasteiger partial charge in [0, 0.05) is 11.3 Å². The van der Waals surface area contributed by atoms with E-state index in [-0.39, 0.29) is 23.8 Å². The number of rotatable bonds is 7. The molecule has 1 heterocycles. The summed E-state index contributed by atoms with van der Waals surface area (Å²) in [4.78, 5) is 15.2. The SMILES string of the molecule is COc1cc(COC(=O)c2[nH]c(C)c([C@H](C)O)c2C)ccc1OC(F)F. The second kappa shape index (κ2) is 8.18. The van der Waals surface area contributed by atoms with Gasteiger partial charge in [-0.1, -0.05) is 6.07 Å². The summed E-state index contributed by atoms with van der Waals surface area (Å²) in [6, 6.07) is 4.28. The van der Waals surface area contributed by atoms with Crippen molar-refractivity contribution < 1.29 is 32.9 Å². The maximum Gasteiger partial charge on any atom is 0.387 e. The first-order valence-electron chi connectivity index (χ1n) is 7.90. The van der Waals surface area contributed by atoms with Crippen molar-refractivity contribution in [2.24, 2.45) is 0 Å². The summed E-state index contributed by atoms with van der Waals surface area (Å²) in [5, 5.41) is 9.78. The Labute approximate surface area is 149 Å². The smallest absolute Gasteiger partial charge is 0.387 e. The van der Waals surface area contributed by atoms with Crippen molar-refractivity contribution in [1.29, 1.82) is 0 Å². The first-order valence-corrected chi connectivity index (χ1v) is 7.90. The fourth-order valence-corrected chi connectivity index (χ4v) is 2.81. The lowest BCUT2D eigenvalue weighted by atomic mass is 10.1. The Hall–Kier alpha value is -2.61. The molecule has 2 rings (SSSR count). The number of H-pyrrole nitrogens is 1. The maximum absolute atomic E-state index is 12.3. The summed E-state index contributed by atoms with van der Waals surface area (Å²) in [6.07, 6.45) is -0.709. The van der Waals surface area contributed by atoms with Crippen LogP contribution < -0.4 is 9.47 Å². The van der Waals surface area contributed by atoms with Gasteiger partial charge in [0.15, 0.2) is 11.5 Å². The molecule has 0 aliphatic heterocycles. The first kappa shape index (κ1) is 19.7. The number of ether oxygens (including phenoxy) is 3. The molecule has 0 spiro atoms. The number of halogens is 2. The Morgan fingerprint density at radius 3 is 2.50 bits per heavy atom. The molecule has 8 heteroatoms. The predicted molar refractivity (Wildman–Crippen MR) is 89.6 cm³/mol. The summed E-state index contributed by atoms with van der Waals surface area (Å²) in [6.45, 7) is 2.06. The number of aliphatic hydroxyl groups is 1. The Kier molecular flexibility index (Phi) is 6.20. The van der Waals surface area contributed by atoms with Gasteiger partial charge in [-0.05, 0) is 44.0 Å².